The van der Waals surface area contributed by atoms with E-state index in [0.717, 1.165) is 0 Å². The second-order valence-electron chi connectivity index (χ2n) is 4.60. The molecule has 1 aliphatic rings. The normalized spacial score (nSPS) is 17.4. The van der Waals surface area contributed by atoms with Gasteiger partial charge in [-0.2, -0.15) is 0 Å². The molecule has 5 heteroatoms. The molecule has 3 rings (SSSR count). The van der Waals surface area contributed by atoms with Crippen LogP contribution in [0.25, 0.3) is 0 Å². The van der Waals surface area contributed by atoms with Crippen molar-refractivity contribution in [2.75, 3.05) is 6.61 Å². The average molecular weight is 272 g/mol. The van der Waals surface area contributed by atoms with E-state index in [-0.39, 0.29) is 35.2 Å². The number of Topliss-reactive ketones (excluding diaryl/α,β-unsaturated/α-hetero) is 1. The lowest BCUT2D eigenvalue weighted by atomic mass is 9.88. The van der Waals surface area contributed by atoms with Crippen LogP contribution in [-0.4, -0.2) is 27.7 Å². The van der Waals surface area contributed by atoms with Gasteiger partial charge in [-0.25, -0.2) is 0 Å². The molecular weight excluding hydrogens is 260 g/mol. The first-order chi connectivity index (χ1) is 9.59. The van der Waals surface area contributed by atoms with Crippen molar-refractivity contribution in [3.05, 3.63) is 47.5 Å². The maximum absolute atomic E-state index is 12.4. The summed E-state index contributed by atoms with van der Waals surface area (Å²) in [6, 6.07) is 9.21. The van der Waals surface area contributed by atoms with E-state index in [2.05, 4.69) is 0 Å². The molecule has 1 aliphatic heterocycles. The Balaban J connectivity index is 2.06. The van der Waals surface area contributed by atoms with Crippen molar-refractivity contribution in [3.8, 4) is 23.0 Å². The lowest BCUT2D eigenvalue weighted by molar-refractivity contribution is 0.0890. The topological polar surface area (TPSA) is 87.0 Å². The van der Waals surface area contributed by atoms with Crippen LogP contribution in [0.3, 0.4) is 0 Å². The minimum absolute atomic E-state index is 0.000417. The number of ether oxygens (including phenoxy) is 1. The molecule has 0 amide bonds. The molecule has 0 fully saturated rings. The lowest BCUT2D eigenvalue weighted by Gasteiger charge is -2.25. The van der Waals surface area contributed by atoms with E-state index in [9.17, 15) is 20.1 Å². The minimum Gasteiger partial charge on any atom is -0.508 e. The molecule has 0 bridgehead atoms. The van der Waals surface area contributed by atoms with Crippen LogP contribution in [0.2, 0.25) is 0 Å². The first kappa shape index (κ1) is 12.3. The van der Waals surface area contributed by atoms with Crippen LogP contribution in [-0.2, 0) is 0 Å². The van der Waals surface area contributed by atoms with Crippen LogP contribution in [0.4, 0.5) is 0 Å². The molecule has 0 aliphatic carbocycles. The number of ketones is 1. The Hall–Kier alpha value is -2.69. The largest absolute Gasteiger partial charge is 0.508 e. The summed E-state index contributed by atoms with van der Waals surface area (Å²) in [5.74, 6) is -1.65. The molecule has 1 heterocycles. The van der Waals surface area contributed by atoms with Crippen molar-refractivity contribution in [2.45, 2.75) is 5.92 Å². The number of carbonyl (C=O) groups excluding carboxylic acids is 1. The Labute approximate surface area is 114 Å². The van der Waals surface area contributed by atoms with Crippen molar-refractivity contribution >= 4 is 5.78 Å². The van der Waals surface area contributed by atoms with Gasteiger partial charge < -0.3 is 20.1 Å². The SMILES string of the molecule is O=C1c2ccc(O)c(O)c2OCC1c1ccccc1O. The Bertz CT molecular complexity index is 693. The molecule has 0 saturated carbocycles. The van der Waals surface area contributed by atoms with Crippen molar-refractivity contribution in [3.63, 3.8) is 0 Å². The monoisotopic (exact) mass is 272 g/mol. The van der Waals surface area contributed by atoms with E-state index in [0.29, 0.717) is 5.56 Å². The molecule has 1 atom stereocenters. The fraction of sp³-hybridized carbons (Fsp3) is 0.133. The Morgan fingerprint density at radius 1 is 1.00 bits per heavy atom. The van der Waals surface area contributed by atoms with Crippen molar-refractivity contribution in [2.24, 2.45) is 0 Å². The highest BCUT2D eigenvalue weighted by atomic mass is 16.5. The summed E-state index contributed by atoms with van der Waals surface area (Å²) in [7, 11) is 0. The number of para-hydroxylation sites is 1. The van der Waals surface area contributed by atoms with Crippen LogP contribution in [0.1, 0.15) is 21.8 Å². The predicted octanol–water partition coefficient (Wildman–Crippen LogP) is 2.16. The Morgan fingerprint density at radius 3 is 2.50 bits per heavy atom. The molecule has 5 nitrogen and oxygen atoms in total. The number of rotatable bonds is 1. The van der Waals surface area contributed by atoms with E-state index in [1.54, 1.807) is 18.2 Å². The third-order valence-corrected chi connectivity index (χ3v) is 3.40. The van der Waals surface area contributed by atoms with Crippen LogP contribution < -0.4 is 4.74 Å². The summed E-state index contributed by atoms with van der Waals surface area (Å²) in [6.07, 6.45) is 0. The zero-order valence-electron chi connectivity index (χ0n) is 10.4. The number of benzene rings is 2. The van der Waals surface area contributed by atoms with Crippen LogP contribution in [0, 0.1) is 0 Å². The molecule has 2 aromatic carbocycles. The average Bonchev–Trinajstić information content (AvgIpc) is 2.45. The predicted molar refractivity (Wildman–Crippen MR) is 70.4 cm³/mol. The number of hydrogen-bond acceptors (Lipinski definition) is 5. The van der Waals surface area contributed by atoms with Gasteiger partial charge in [0.15, 0.2) is 17.3 Å². The molecule has 0 aromatic heterocycles. The summed E-state index contributed by atoms with van der Waals surface area (Å²) in [6.45, 7) is 0.000417. The molecule has 2 aromatic rings. The van der Waals surface area contributed by atoms with E-state index in [1.807, 2.05) is 0 Å². The molecular formula is C15H12O5. The second kappa shape index (κ2) is 4.45. The lowest BCUT2D eigenvalue weighted by Crippen LogP contribution is -2.26. The molecule has 0 spiro atoms. The van der Waals surface area contributed by atoms with Gasteiger partial charge in [0.2, 0.25) is 5.75 Å². The number of fused-ring (bicyclic) bond motifs is 1. The van der Waals surface area contributed by atoms with Gasteiger partial charge in [-0.1, -0.05) is 18.2 Å². The maximum atomic E-state index is 12.4. The quantitative estimate of drug-likeness (QED) is 0.692. The van der Waals surface area contributed by atoms with Gasteiger partial charge in [-0.3, -0.25) is 4.79 Å². The van der Waals surface area contributed by atoms with E-state index < -0.39 is 11.7 Å². The molecule has 0 saturated heterocycles. The summed E-state index contributed by atoms with van der Waals surface area (Å²) >= 11 is 0. The summed E-state index contributed by atoms with van der Waals surface area (Å²) in [5, 5.41) is 28.9. The highest BCUT2D eigenvalue weighted by molar-refractivity contribution is 6.05. The van der Waals surface area contributed by atoms with E-state index in [4.69, 9.17) is 4.74 Å². The highest BCUT2D eigenvalue weighted by Crippen LogP contribution is 2.44. The number of carbonyl (C=O) groups is 1. The smallest absolute Gasteiger partial charge is 0.201 e. The van der Waals surface area contributed by atoms with Gasteiger partial charge in [0.05, 0.1) is 11.5 Å². The third-order valence-electron chi connectivity index (χ3n) is 3.40. The van der Waals surface area contributed by atoms with Crippen LogP contribution in [0.5, 0.6) is 23.0 Å². The number of phenols is 3. The number of phenolic OH excluding ortho intramolecular Hbond substituents is 3. The molecule has 3 N–H and O–H groups in total. The molecule has 102 valence electrons. The standard InChI is InChI=1S/C15H12O5/c16-11-4-2-1-3-8(11)10-7-20-15-9(13(10)18)5-6-12(17)14(15)19/h1-6,10,16-17,19H,7H2. The summed E-state index contributed by atoms with van der Waals surface area (Å²) < 4.78 is 5.39. The Morgan fingerprint density at radius 2 is 1.75 bits per heavy atom. The van der Waals surface area contributed by atoms with Gasteiger partial charge in [-0.05, 0) is 18.2 Å². The number of hydrogen-bond donors (Lipinski definition) is 3. The molecule has 1 unspecified atom stereocenters. The fourth-order valence-corrected chi connectivity index (χ4v) is 2.34. The van der Waals surface area contributed by atoms with Gasteiger partial charge in [-0.15, -0.1) is 0 Å². The van der Waals surface area contributed by atoms with Crippen molar-refractivity contribution in [1.82, 2.24) is 0 Å². The van der Waals surface area contributed by atoms with Gasteiger partial charge in [0.25, 0.3) is 0 Å². The molecule has 20 heavy (non-hydrogen) atoms. The van der Waals surface area contributed by atoms with Gasteiger partial charge in [0.1, 0.15) is 12.4 Å². The maximum Gasteiger partial charge on any atom is 0.201 e. The van der Waals surface area contributed by atoms with Crippen LogP contribution >= 0.6 is 0 Å². The van der Waals surface area contributed by atoms with Crippen LogP contribution in [0.15, 0.2) is 36.4 Å². The minimum atomic E-state index is -0.632. The van der Waals surface area contributed by atoms with Gasteiger partial charge >= 0.3 is 0 Å². The third kappa shape index (κ3) is 1.75. The van der Waals surface area contributed by atoms with Crippen molar-refractivity contribution < 1.29 is 24.9 Å². The van der Waals surface area contributed by atoms with E-state index >= 15 is 0 Å². The Kier molecular flexibility index (Phi) is 2.75. The molecule has 0 radical (unpaired) electrons. The van der Waals surface area contributed by atoms with Gasteiger partial charge in [0, 0.05) is 5.56 Å². The first-order valence-electron chi connectivity index (χ1n) is 6.09. The number of aromatic hydroxyl groups is 3. The zero-order valence-corrected chi connectivity index (χ0v) is 10.4. The highest BCUT2D eigenvalue weighted by Gasteiger charge is 2.33. The first-order valence-corrected chi connectivity index (χ1v) is 6.09. The van der Waals surface area contributed by atoms with E-state index in [1.165, 1.54) is 18.2 Å². The summed E-state index contributed by atoms with van der Waals surface area (Å²) in [4.78, 5) is 12.4. The zero-order chi connectivity index (χ0) is 14.3. The van der Waals surface area contributed by atoms with Crippen molar-refractivity contribution in [1.29, 1.82) is 0 Å². The second-order valence-corrected chi connectivity index (χ2v) is 4.60. The fourth-order valence-electron chi connectivity index (χ4n) is 2.34. The summed E-state index contributed by atoms with van der Waals surface area (Å²) in [5.41, 5.74) is 0.676.